The van der Waals surface area contributed by atoms with Gasteiger partial charge in [0.05, 0.1) is 17.4 Å². The second kappa shape index (κ2) is 3.34. The van der Waals surface area contributed by atoms with Crippen molar-refractivity contribution in [1.82, 2.24) is 14.7 Å². The smallest absolute Gasteiger partial charge is 0.224 e. The highest BCUT2D eigenvalue weighted by Gasteiger charge is 2.37. The zero-order chi connectivity index (χ0) is 11.2. The number of aryl methyl sites for hydroxylation is 2. The van der Waals surface area contributed by atoms with Gasteiger partial charge in [0.1, 0.15) is 0 Å². The SMILES string of the molecule is Cc1cc(C2C(N)CC(=O)N2C)n(C)n1. The average molecular weight is 208 g/mol. The number of amides is 1. The standard InChI is InChI=1S/C10H16N4O/c1-6-4-8(14(3)12-6)10-7(11)5-9(15)13(10)2/h4,7,10H,5,11H2,1-3H3. The largest absolute Gasteiger partial charge is 0.336 e. The fraction of sp³-hybridized carbons (Fsp3) is 0.600. The molecule has 0 bridgehead atoms. The molecule has 2 atom stereocenters. The van der Waals surface area contributed by atoms with E-state index in [0.29, 0.717) is 6.42 Å². The summed E-state index contributed by atoms with van der Waals surface area (Å²) in [5, 5.41) is 4.27. The van der Waals surface area contributed by atoms with Crippen LogP contribution in [-0.4, -0.2) is 33.7 Å². The van der Waals surface area contributed by atoms with Crippen molar-refractivity contribution in [3.05, 3.63) is 17.5 Å². The molecule has 5 heteroatoms. The van der Waals surface area contributed by atoms with E-state index in [4.69, 9.17) is 5.73 Å². The lowest BCUT2D eigenvalue weighted by molar-refractivity contribution is -0.127. The van der Waals surface area contributed by atoms with Gasteiger partial charge in [-0.05, 0) is 13.0 Å². The van der Waals surface area contributed by atoms with Crippen molar-refractivity contribution >= 4 is 5.91 Å². The maximum atomic E-state index is 11.5. The Morgan fingerprint density at radius 1 is 1.53 bits per heavy atom. The van der Waals surface area contributed by atoms with Crippen LogP contribution in [0.5, 0.6) is 0 Å². The summed E-state index contributed by atoms with van der Waals surface area (Å²) < 4.78 is 1.80. The van der Waals surface area contributed by atoms with Crippen LogP contribution in [-0.2, 0) is 11.8 Å². The molecule has 82 valence electrons. The van der Waals surface area contributed by atoms with Gasteiger partial charge in [0.2, 0.25) is 5.91 Å². The molecule has 0 aliphatic carbocycles. The summed E-state index contributed by atoms with van der Waals surface area (Å²) in [6, 6.07) is 1.82. The van der Waals surface area contributed by atoms with Crippen LogP contribution in [0.4, 0.5) is 0 Å². The first kappa shape index (κ1) is 10.2. The molecule has 2 unspecified atom stereocenters. The normalized spacial score (nSPS) is 26.4. The van der Waals surface area contributed by atoms with E-state index in [1.165, 1.54) is 0 Å². The third-order valence-corrected chi connectivity index (χ3v) is 2.97. The molecule has 0 radical (unpaired) electrons. The number of rotatable bonds is 1. The number of hydrogen-bond donors (Lipinski definition) is 1. The lowest BCUT2D eigenvalue weighted by Gasteiger charge is -2.22. The molecule has 1 aliphatic heterocycles. The average Bonchev–Trinajstić information content (AvgIpc) is 2.56. The van der Waals surface area contributed by atoms with Crippen LogP contribution in [0.1, 0.15) is 23.9 Å². The summed E-state index contributed by atoms with van der Waals surface area (Å²) in [4.78, 5) is 13.2. The summed E-state index contributed by atoms with van der Waals surface area (Å²) in [5.74, 6) is 0.103. The minimum Gasteiger partial charge on any atom is -0.336 e. The number of carbonyl (C=O) groups excluding carboxylic acids is 1. The van der Waals surface area contributed by atoms with Crippen molar-refractivity contribution in [2.24, 2.45) is 12.8 Å². The lowest BCUT2D eigenvalue weighted by atomic mass is 10.1. The topological polar surface area (TPSA) is 64.2 Å². The summed E-state index contributed by atoms with van der Waals surface area (Å²) in [6.45, 7) is 1.94. The first-order valence-electron chi connectivity index (χ1n) is 5.02. The van der Waals surface area contributed by atoms with E-state index in [0.717, 1.165) is 11.4 Å². The summed E-state index contributed by atoms with van der Waals surface area (Å²) in [7, 11) is 3.67. The Morgan fingerprint density at radius 2 is 2.20 bits per heavy atom. The number of carbonyl (C=O) groups is 1. The van der Waals surface area contributed by atoms with Gasteiger partial charge in [-0.1, -0.05) is 0 Å². The molecule has 0 spiro atoms. The number of likely N-dealkylation sites (tertiary alicyclic amines) is 1. The van der Waals surface area contributed by atoms with Crippen molar-refractivity contribution in [2.75, 3.05) is 7.05 Å². The Kier molecular flexibility index (Phi) is 2.26. The monoisotopic (exact) mass is 208 g/mol. The second-order valence-corrected chi connectivity index (χ2v) is 4.15. The lowest BCUT2D eigenvalue weighted by Crippen LogP contribution is -2.31. The predicted octanol–water partition coefficient (Wildman–Crippen LogP) is -0.0410. The van der Waals surface area contributed by atoms with Crippen molar-refractivity contribution in [1.29, 1.82) is 0 Å². The fourth-order valence-corrected chi connectivity index (χ4v) is 2.22. The highest BCUT2D eigenvalue weighted by atomic mass is 16.2. The molecule has 5 nitrogen and oxygen atoms in total. The Labute approximate surface area is 88.8 Å². The second-order valence-electron chi connectivity index (χ2n) is 4.15. The molecule has 1 fully saturated rings. The number of nitrogens with zero attached hydrogens (tertiary/aromatic N) is 3. The quantitative estimate of drug-likeness (QED) is 0.704. The molecule has 1 amide bonds. The fourth-order valence-electron chi connectivity index (χ4n) is 2.22. The highest BCUT2D eigenvalue weighted by Crippen LogP contribution is 2.30. The summed E-state index contributed by atoms with van der Waals surface area (Å²) >= 11 is 0. The molecular weight excluding hydrogens is 192 g/mol. The molecule has 1 aliphatic rings. The van der Waals surface area contributed by atoms with E-state index in [9.17, 15) is 4.79 Å². The molecule has 1 saturated heterocycles. The number of likely N-dealkylation sites (N-methyl/N-ethyl adjacent to an activating group) is 1. The summed E-state index contributed by atoms with van der Waals surface area (Å²) in [5.41, 5.74) is 7.93. The maximum absolute atomic E-state index is 11.5. The molecule has 1 aromatic rings. The Morgan fingerprint density at radius 3 is 2.60 bits per heavy atom. The van der Waals surface area contributed by atoms with Crippen molar-refractivity contribution in [2.45, 2.75) is 25.4 Å². The first-order chi connectivity index (χ1) is 7.00. The predicted molar refractivity (Wildman–Crippen MR) is 56.0 cm³/mol. The third-order valence-electron chi connectivity index (χ3n) is 2.97. The van der Waals surface area contributed by atoms with Crippen LogP contribution >= 0.6 is 0 Å². The highest BCUT2D eigenvalue weighted by molar-refractivity contribution is 5.79. The zero-order valence-electron chi connectivity index (χ0n) is 9.27. The van der Waals surface area contributed by atoms with Crippen LogP contribution in [0.2, 0.25) is 0 Å². The minimum absolute atomic E-state index is 0.0382. The Balaban J connectivity index is 2.38. The molecule has 1 aromatic heterocycles. The van der Waals surface area contributed by atoms with Gasteiger partial charge < -0.3 is 10.6 Å². The van der Waals surface area contributed by atoms with Crippen molar-refractivity contribution in [3.63, 3.8) is 0 Å². The van der Waals surface area contributed by atoms with Gasteiger partial charge in [-0.15, -0.1) is 0 Å². The van der Waals surface area contributed by atoms with E-state index >= 15 is 0 Å². The van der Waals surface area contributed by atoms with Crippen LogP contribution in [0.25, 0.3) is 0 Å². The van der Waals surface area contributed by atoms with Crippen molar-refractivity contribution in [3.8, 4) is 0 Å². The van der Waals surface area contributed by atoms with Gasteiger partial charge in [-0.3, -0.25) is 9.48 Å². The van der Waals surface area contributed by atoms with Gasteiger partial charge in [0, 0.05) is 26.6 Å². The van der Waals surface area contributed by atoms with Gasteiger partial charge >= 0.3 is 0 Å². The van der Waals surface area contributed by atoms with Gasteiger partial charge in [0.15, 0.2) is 0 Å². The summed E-state index contributed by atoms with van der Waals surface area (Å²) in [6.07, 6.45) is 0.422. The van der Waals surface area contributed by atoms with Gasteiger partial charge in [-0.25, -0.2) is 0 Å². The molecule has 15 heavy (non-hydrogen) atoms. The molecular formula is C10H16N4O. The number of hydrogen-bond acceptors (Lipinski definition) is 3. The van der Waals surface area contributed by atoms with Gasteiger partial charge in [-0.2, -0.15) is 5.10 Å². The Hall–Kier alpha value is -1.36. The van der Waals surface area contributed by atoms with Gasteiger partial charge in [0.25, 0.3) is 0 Å². The van der Waals surface area contributed by atoms with E-state index in [1.807, 2.05) is 20.0 Å². The Bertz CT molecular complexity index is 398. The molecule has 2 heterocycles. The first-order valence-corrected chi connectivity index (χ1v) is 5.02. The molecule has 2 rings (SSSR count). The van der Waals surface area contributed by atoms with E-state index in [1.54, 1.807) is 16.6 Å². The third kappa shape index (κ3) is 1.52. The maximum Gasteiger partial charge on any atom is 0.224 e. The van der Waals surface area contributed by atoms with E-state index < -0.39 is 0 Å². The molecule has 0 aromatic carbocycles. The van der Waals surface area contributed by atoms with Crippen molar-refractivity contribution < 1.29 is 4.79 Å². The van der Waals surface area contributed by atoms with Crippen LogP contribution < -0.4 is 5.73 Å². The minimum atomic E-state index is -0.128. The number of aromatic nitrogens is 2. The van der Waals surface area contributed by atoms with Crippen LogP contribution in [0, 0.1) is 6.92 Å². The number of nitrogens with two attached hydrogens (primary N) is 1. The zero-order valence-corrected chi connectivity index (χ0v) is 9.27. The van der Waals surface area contributed by atoms with Crippen LogP contribution in [0.15, 0.2) is 6.07 Å². The van der Waals surface area contributed by atoms with Crippen LogP contribution in [0.3, 0.4) is 0 Å². The molecule has 0 saturated carbocycles. The molecule has 2 N–H and O–H groups in total. The van der Waals surface area contributed by atoms with E-state index in [-0.39, 0.29) is 18.0 Å². The van der Waals surface area contributed by atoms with E-state index in [2.05, 4.69) is 5.10 Å².